The van der Waals surface area contributed by atoms with Crippen molar-refractivity contribution in [1.82, 2.24) is 9.38 Å². The van der Waals surface area contributed by atoms with Gasteiger partial charge in [-0.15, -0.1) is 0 Å². The molecule has 3 aromatic rings. The van der Waals surface area contributed by atoms with Crippen LogP contribution in [0.2, 0.25) is 5.02 Å². The molecule has 0 saturated carbocycles. The summed E-state index contributed by atoms with van der Waals surface area (Å²) in [5.41, 5.74) is 2.11. The molecule has 1 N–H and O–H groups in total. The fraction of sp³-hybridized carbons (Fsp3) is 0.0714. The van der Waals surface area contributed by atoms with E-state index in [1.807, 2.05) is 16.7 Å². The minimum absolute atomic E-state index is 0.269. The number of halogens is 2. The Morgan fingerprint density at radius 3 is 2.84 bits per heavy atom. The molecule has 5 heteroatoms. The van der Waals surface area contributed by atoms with Crippen LogP contribution in [0.5, 0.6) is 0 Å². The van der Waals surface area contributed by atoms with Crippen molar-refractivity contribution >= 4 is 22.9 Å². The molecule has 0 radical (unpaired) electrons. The Balaban J connectivity index is 1.80. The number of rotatable bonds is 3. The van der Waals surface area contributed by atoms with E-state index in [-0.39, 0.29) is 5.82 Å². The molecule has 0 unspecified atom stereocenters. The fourth-order valence-corrected chi connectivity index (χ4v) is 2.06. The highest BCUT2D eigenvalue weighted by Gasteiger charge is 2.04. The Kier molecular flexibility index (Phi) is 3.09. The van der Waals surface area contributed by atoms with Gasteiger partial charge in [0.1, 0.15) is 11.5 Å². The maximum atomic E-state index is 13.4. The average Bonchev–Trinajstić information content (AvgIpc) is 2.79. The molecule has 3 nitrogen and oxygen atoms in total. The molecule has 0 aliphatic heterocycles. The van der Waals surface area contributed by atoms with E-state index in [0.717, 1.165) is 11.3 Å². The SMILES string of the molecule is Fc1ccccc1NCc1cn2cc(Cl)ccc2n1. The van der Waals surface area contributed by atoms with Gasteiger partial charge >= 0.3 is 0 Å². The molecule has 0 bridgehead atoms. The number of aromatic nitrogens is 2. The first-order valence-corrected chi connectivity index (χ1v) is 6.22. The topological polar surface area (TPSA) is 29.3 Å². The second-order valence-corrected chi connectivity index (χ2v) is 4.61. The monoisotopic (exact) mass is 275 g/mol. The van der Waals surface area contributed by atoms with Crippen molar-refractivity contribution in [3.05, 3.63) is 65.3 Å². The summed E-state index contributed by atoms with van der Waals surface area (Å²) in [5, 5.41) is 3.67. The summed E-state index contributed by atoms with van der Waals surface area (Å²) < 4.78 is 15.3. The highest BCUT2D eigenvalue weighted by atomic mass is 35.5. The van der Waals surface area contributed by atoms with Crippen molar-refractivity contribution in [2.45, 2.75) is 6.54 Å². The zero-order valence-electron chi connectivity index (χ0n) is 9.98. The zero-order valence-corrected chi connectivity index (χ0v) is 10.7. The van der Waals surface area contributed by atoms with Crippen LogP contribution < -0.4 is 5.32 Å². The normalized spacial score (nSPS) is 10.8. The Morgan fingerprint density at radius 2 is 2.00 bits per heavy atom. The predicted octanol–water partition coefficient (Wildman–Crippen LogP) is 3.74. The third kappa shape index (κ3) is 2.53. The molecule has 0 fully saturated rings. The number of anilines is 1. The van der Waals surface area contributed by atoms with Crippen molar-refractivity contribution in [2.24, 2.45) is 0 Å². The van der Waals surface area contributed by atoms with Gasteiger partial charge in [0.15, 0.2) is 0 Å². The Bertz CT molecular complexity index is 724. The third-order valence-electron chi connectivity index (χ3n) is 2.80. The number of para-hydroxylation sites is 1. The fourth-order valence-electron chi connectivity index (χ4n) is 1.89. The zero-order chi connectivity index (χ0) is 13.2. The molecular weight excluding hydrogens is 265 g/mol. The standard InChI is InChI=1S/C14H11ClFN3/c15-10-5-6-14-18-11(9-19(14)8-10)7-17-13-4-2-1-3-12(13)16/h1-6,8-9,17H,7H2. The number of pyridine rings is 1. The molecule has 2 heterocycles. The summed E-state index contributed by atoms with van der Waals surface area (Å²) in [7, 11) is 0. The van der Waals surface area contributed by atoms with E-state index >= 15 is 0 Å². The molecule has 19 heavy (non-hydrogen) atoms. The van der Waals surface area contributed by atoms with Gasteiger partial charge in [-0.25, -0.2) is 9.37 Å². The van der Waals surface area contributed by atoms with E-state index in [1.165, 1.54) is 6.07 Å². The molecule has 3 rings (SSSR count). The molecule has 1 aromatic carbocycles. The van der Waals surface area contributed by atoms with Crippen LogP contribution in [-0.4, -0.2) is 9.38 Å². The van der Waals surface area contributed by atoms with Gasteiger partial charge in [0.2, 0.25) is 0 Å². The van der Waals surface area contributed by atoms with Crippen molar-refractivity contribution in [3.8, 4) is 0 Å². The van der Waals surface area contributed by atoms with Crippen LogP contribution in [0.4, 0.5) is 10.1 Å². The van der Waals surface area contributed by atoms with Crippen molar-refractivity contribution < 1.29 is 4.39 Å². The van der Waals surface area contributed by atoms with Crippen LogP contribution in [0.3, 0.4) is 0 Å². The van der Waals surface area contributed by atoms with Gasteiger partial charge in [0.05, 0.1) is 22.9 Å². The van der Waals surface area contributed by atoms with Gasteiger partial charge < -0.3 is 9.72 Å². The summed E-state index contributed by atoms with van der Waals surface area (Å²) in [5.74, 6) is -0.269. The molecule has 2 aromatic heterocycles. The van der Waals surface area contributed by atoms with Crippen LogP contribution >= 0.6 is 11.6 Å². The van der Waals surface area contributed by atoms with Crippen molar-refractivity contribution in [2.75, 3.05) is 5.32 Å². The predicted molar refractivity (Wildman–Crippen MR) is 73.9 cm³/mol. The van der Waals surface area contributed by atoms with Crippen LogP contribution in [0.1, 0.15) is 5.69 Å². The summed E-state index contributed by atoms with van der Waals surface area (Å²) in [6.07, 6.45) is 3.66. The quantitative estimate of drug-likeness (QED) is 0.789. The molecule has 0 aliphatic rings. The average molecular weight is 276 g/mol. The Morgan fingerprint density at radius 1 is 1.16 bits per heavy atom. The van der Waals surface area contributed by atoms with Crippen molar-refractivity contribution in [1.29, 1.82) is 0 Å². The molecular formula is C14H11ClFN3. The maximum absolute atomic E-state index is 13.4. The van der Waals surface area contributed by atoms with E-state index in [0.29, 0.717) is 17.3 Å². The number of fused-ring (bicyclic) bond motifs is 1. The molecule has 96 valence electrons. The van der Waals surface area contributed by atoms with E-state index in [4.69, 9.17) is 11.6 Å². The van der Waals surface area contributed by atoms with Crippen LogP contribution in [0.25, 0.3) is 5.65 Å². The summed E-state index contributed by atoms with van der Waals surface area (Å²) in [4.78, 5) is 4.42. The number of nitrogens with one attached hydrogen (secondary N) is 1. The van der Waals surface area contributed by atoms with Gasteiger partial charge in [0.25, 0.3) is 0 Å². The van der Waals surface area contributed by atoms with E-state index in [1.54, 1.807) is 30.5 Å². The van der Waals surface area contributed by atoms with E-state index in [2.05, 4.69) is 10.3 Å². The summed E-state index contributed by atoms with van der Waals surface area (Å²) in [6, 6.07) is 10.2. The molecule has 0 atom stereocenters. The van der Waals surface area contributed by atoms with Crippen LogP contribution in [0, 0.1) is 5.82 Å². The Labute approximate surface area is 114 Å². The third-order valence-corrected chi connectivity index (χ3v) is 3.02. The second-order valence-electron chi connectivity index (χ2n) is 4.18. The minimum Gasteiger partial charge on any atom is -0.377 e. The first-order valence-electron chi connectivity index (χ1n) is 5.84. The first-order chi connectivity index (χ1) is 9.22. The highest BCUT2D eigenvalue weighted by Crippen LogP contribution is 2.15. The molecule has 0 amide bonds. The smallest absolute Gasteiger partial charge is 0.146 e. The van der Waals surface area contributed by atoms with Crippen LogP contribution in [0.15, 0.2) is 48.8 Å². The van der Waals surface area contributed by atoms with Crippen molar-refractivity contribution in [3.63, 3.8) is 0 Å². The number of imidazole rings is 1. The van der Waals surface area contributed by atoms with E-state index < -0.39 is 0 Å². The molecule has 0 spiro atoms. The molecule has 0 aliphatic carbocycles. The Hall–Kier alpha value is -2.07. The van der Waals surface area contributed by atoms with E-state index in [9.17, 15) is 4.39 Å². The lowest BCUT2D eigenvalue weighted by Crippen LogP contribution is -2.01. The van der Waals surface area contributed by atoms with Gasteiger partial charge in [-0.05, 0) is 24.3 Å². The number of nitrogens with zero attached hydrogens (tertiary/aromatic N) is 2. The largest absolute Gasteiger partial charge is 0.377 e. The lowest BCUT2D eigenvalue weighted by Gasteiger charge is -2.04. The van der Waals surface area contributed by atoms with Gasteiger partial charge in [-0.3, -0.25) is 0 Å². The minimum atomic E-state index is -0.269. The number of hydrogen-bond acceptors (Lipinski definition) is 2. The number of benzene rings is 1. The van der Waals surface area contributed by atoms with Crippen LogP contribution in [-0.2, 0) is 6.54 Å². The lowest BCUT2D eigenvalue weighted by atomic mass is 10.3. The van der Waals surface area contributed by atoms with Gasteiger partial charge in [0, 0.05) is 12.4 Å². The van der Waals surface area contributed by atoms with Gasteiger partial charge in [-0.1, -0.05) is 23.7 Å². The molecule has 0 saturated heterocycles. The first kappa shape index (κ1) is 12.0. The summed E-state index contributed by atoms with van der Waals surface area (Å²) in [6.45, 7) is 0.459. The maximum Gasteiger partial charge on any atom is 0.146 e. The lowest BCUT2D eigenvalue weighted by molar-refractivity contribution is 0.630. The number of hydrogen-bond donors (Lipinski definition) is 1. The highest BCUT2D eigenvalue weighted by molar-refractivity contribution is 6.30. The van der Waals surface area contributed by atoms with Gasteiger partial charge in [-0.2, -0.15) is 0 Å². The summed E-state index contributed by atoms with van der Waals surface area (Å²) >= 11 is 5.91. The second kappa shape index (κ2) is 4.90.